The summed E-state index contributed by atoms with van der Waals surface area (Å²) >= 11 is 0. The van der Waals surface area contributed by atoms with Gasteiger partial charge in [0.1, 0.15) is 0 Å². The Balaban J connectivity index is 5.08. The average molecular weight is 248 g/mol. The highest BCUT2D eigenvalue weighted by Crippen LogP contribution is 2.67. The lowest BCUT2D eigenvalue weighted by atomic mass is 10.4. The topological polar surface area (TPSA) is 153 Å². The quantitative estimate of drug-likeness (QED) is 0.323. The van der Waals surface area contributed by atoms with Crippen molar-refractivity contribution in [2.45, 2.75) is 11.4 Å². The lowest BCUT2D eigenvalue weighted by molar-refractivity contribution is 0.302. The fourth-order valence-corrected chi connectivity index (χ4v) is 2.93. The highest BCUT2D eigenvalue weighted by atomic mass is 31.2. The van der Waals surface area contributed by atoms with E-state index in [0.717, 1.165) is 0 Å². The SMILES string of the molecule is CNCCC(N)(P(=O)(O)O)P(=O)(O)O. The summed E-state index contributed by atoms with van der Waals surface area (Å²) in [4.78, 5) is 35.1. The molecule has 0 amide bonds. The van der Waals surface area contributed by atoms with Crippen LogP contribution in [0.2, 0.25) is 0 Å². The van der Waals surface area contributed by atoms with E-state index in [4.69, 9.17) is 25.3 Å². The Labute approximate surface area is 80.8 Å². The molecule has 0 fully saturated rings. The molecule has 14 heavy (non-hydrogen) atoms. The summed E-state index contributed by atoms with van der Waals surface area (Å²) in [5.74, 6) is 0. The minimum atomic E-state index is -5.06. The molecule has 0 saturated carbocycles. The molecule has 0 rings (SSSR count). The molecule has 0 aromatic heterocycles. The molecule has 0 heterocycles. The van der Waals surface area contributed by atoms with Gasteiger partial charge in [0, 0.05) is 6.42 Å². The van der Waals surface area contributed by atoms with Crippen molar-refractivity contribution in [2.75, 3.05) is 13.6 Å². The second-order valence-electron chi connectivity index (χ2n) is 2.82. The first-order chi connectivity index (χ1) is 6.06. The molecule has 8 nitrogen and oxygen atoms in total. The summed E-state index contributed by atoms with van der Waals surface area (Å²) in [7, 11) is -8.66. The summed E-state index contributed by atoms with van der Waals surface area (Å²) in [6.07, 6.45) is -0.516. The molecule has 0 atom stereocenters. The molecular weight excluding hydrogens is 234 g/mol. The fourth-order valence-electron chi connectivity index (χ4n) is 0.770. The van der Waals surface area contributed by atoms with Gasteiger partial charge in [0.25, 0.3) is 0 Å². The van der Waals surface area contributed by atoms with Crippen LogP contribution in [0.3, 0.4) is 0 Å². The van der Waals surface area contributed by atoms with Crippen molar-refractivity contribution < 1.29 is 28.7 Å². The first kappa shape index (κ1) is 14.2. The number of nitrogens with one attached hydrogen (secondary N) is 1. The molecule has 86 valence electrons. The van der Waals surface area contributed by atoms with Gasteiger partial charge in [0.15, 0.2) is 0 Å². The van der Waals surface area contributed by atoms with Crippen molar-refractivity contribution in [3.05, 3.63) is 0 Å². The number of hydrogen-bond acceptors (Lipinski definition) is 4. The zero-order valence-corrected chi connectivity index (χ0v) is 9.28. The first-order valence-electron chi connectivity index (χ1n) is 3.61. The summed E-state index contributed by atoms with van der Waals surface area (Å²) in [6, 6.07) is 0. The molecule has 0 radical (unpaired) electrons. The van der Waals surface area contributed by atoms with Gasteiger partial charge in [0.2, 0.25) is 5.02 Å². The molecule has 0 aliphatic rings. The van der Waals surface area contributed by atoms with Crippen LogP contribution in [-0.2, 0) is 9.13 Å². The van der Waals surface area contributed by atoms with Gasteiger partial charge in [-0.3, -0.25) is 9.13 Å². The largest absolute Gasteiger partial charge is 0.357 e. The van der Waals surface area contributed by atoms with Gasteiger partial charge < -0.3 is 30.6 Å². The van der Waals surface area contributed by atoms with Crippen LogP contribution in [0.4, 0.5) is 0 Å². The van der Waals surface area contributed by atoms with Gasteiger partial charge in [0.05, 0.1) is 0 Å². The highest BCUT2D eigenvalue weighted by molar-refractivity contribution is 7.72. The van der Waals surface area contributed by atoms with Crippen LogP contribution < -0.4 is 11.1 Å². The van der Waals surface area contributed by atoms with Gasteiger partial charge in [-0.1, -0.05) is 0 Å². The van der Waals surface area contributed by atoms with E-state index in [1.807, 2.05) is 0 Å². The number of hydrogen-bond donors (Lipinski definition) is 6. The molecule has 0 bridgehead atoms. The van der Waals surface area contributed by atoms with E-state index < -0.39 is 26.6 Å². The van der Waals surface area contributed by atoms with Crippen molar-refractivity contribution >= 4 is 15.2 Å². The van der Waals surface area contributed by atoms with E-state index in [0.29, 0.717) is 0 Å². The van der Waals surface area contributed by atoms with Gasteiger partial charge in [-0.15, -0.1) is 0 Å². The predicted octanol–water partition coefficient (Wildman–Crippen LogP) is -1.44. The molecule has 7 N–H and O–H groups in total. The smallest absolute Gasteiger partial charge is 0.323 e. The summed E-state index contributed by atoms with van der Waals surface area (Å²) in [5.41, 5.74) is 5.07. The standard InChI is InChI=1S/C4H14N2O6P2/c1-6-3-2-4(5,13(7,8)9)14(10,11)12/h6H,2-3,5H2,1H3,(H2,7,8,9)(H2,10,11,12). The zero-order valence-electron chi connectivity index (χ0n) is 7.49. The fraction of sp³-hybridized carbons (Fsp3) is 1.00. The minimum absolute atomic E-state index is 0.00722. The van der Waals surface area contributed by atoms with Gasteiger partial charge >= 0.3 is 15.2 Å². The molecule has 10 heteroatoms. The van der Waals surface area contributed by atoms with Crippen molar-refractivity contribution in [1.29, 1.82) is 0 Å². The van der Waals surface area contributed by atoms with E-state index in [1.165, 1.54) is 7.05 Å². The van der Waals surface area contributed by atoms with Crippen molar-refractivity contribution in [3.8, 4) is 0 Å². The lowest BCUT2D eigenvalue weighted by Crippen LogP contribution is -2.41. The van der Waals surface area contributed by atoms with Crippen LogP contribution in [0, 0.1) is 0 Å². The Morgan fingerprint density at radius 1 is 1.21 bits per heavy atom. The predicted molar refractivity (Wildman–Crippen MR) is 49.6 cm³/mol. The van der Waals surface area contributed by atoms with E-state index in [1.54, 1.807) is 0 Å². The first-order valence-corrected chi connectivity index (χ1v) is 6.83. The van der Waals surface area contributed by atoms with E-state index in [-0.39, 0.29) is 6.54 Å². The van der Waals surface area contributed by atoms with Crippen molar-refractivity contribution in [3.63, 3.8) is 0 Å². The molecule has 0 spiro atoms. The van der Waals surface area contributed by atoms with Crippen LogP contribution in [0.5, 0.6) is 0 Å². The summed E-state index contributed by atoms with van der Waals surface area (Å²) < 4.78 is 21.7. The lowest BCUT2D eigenvalue weighted by Gasteiger charge is -2.30. The maximum atomic E-state index is 10.9. The normalized spacial score (nSPS) is 14.4. The van der Waals surface area contributed by atoms with Crippen LogP contribution in [0.15, 0.2) is 0 Å². The van der Waals surface area contributed by atoms with Gasteiger partial charge in [-0.05, 0) is 13.6 Å². The minimum Gasteiger partial charge on any atom is -0.323 e. The maximum Gasteiger partial charge on any atom is 0.357 e. The van der Waals surface area contributed by atoms with Crippen LogP contribution in [0.25, 0.3) is 0 Å². The average Bonchev–Trinajstić information content (AvgIpc) is 1.95. The van der Waals surface area contributed by atoms with Crippen LogP contribution in [-0.4, -0.2) is 38.2 Å². The Morgan fingerprint density at radius 3 is 1.79 bits per heavy atom. The third-order valence-electron chi connectivity index (χ3n) is 1.75. The Morgan fingerprint density at radius 2 is 1.57 bits per heavy atom. The second-order valence-corrected chi connectivity index (χ2v) is 6.95. The Hall–Kier alpha value is 0.220. The molecule has 0 aromatic carbocycles. The summed E-state index contributed by atoms with van der Waals surface area (Å²) in [6.45, 7) is -0.00722. The Bertz CT molecular complexity index is 260. The molecule has 0 saturated heterocycles. The molecule has 0 unspecified atom stereocenters. The highest BCUT2D eigenvalue weighted by Gasteiger charge is 2.56. The van der Waals surface area contributed by atoms with Gasteiger partial charge in [-0.25, -0.2) is 0 Å². The second kappa shape index (κ2) is 4.38. The molecule has 0 aliphatic heterocycles. The third-order valence-corrected chi connectivity index (χ3v) is 5.78. The van der Waals surface area contributed by atoms with E-state index in [9.17, 15) is 9.13 Å². The van der Waals surface area contributed by atoms with Gasteiger partial charge in [-0.2, -0.15) is 0 Å². The maximum absolute atomic E-state index is 10.9. The molecule has 0 aromatic rings. The molecule has 0 aliphatic carbocycles. The monoisotopic (exact) mass is 248 g/mol. The van der Waals surface area contributed by atoms with Crippen molar-refractivity contribution in [1.82, 2.24) is 5.32 Å². The summed E-state index contributed by atoms with van der Waals surface area (Å²) in [5, 5.41) is -0.302. The zero-order chi connectivity index (χ0) is 11.6. The van der Waals surface area contributed by atoms with Crippen LogP contribution >= 0.6 is 15.2 Å². The number of nitrogens with two attached hydrogens (primary N) is 1. The van der Waals surface area contributed by atoms with E-state index >= 15 is 0 Å². The van der Waals surface area contributed by atoms with Crippen LogP contribution in [0.1, 0.15) is 6.42 Å². The Kier molecular flexibility index (Phi) is 4.45. The molecular formula is C4H14N2O6P2. The third kappa shape index (κ3) is 2.85. The van der Waals surface area contributed by atoms with Crippen molar-refractivity contribution in [2.24, 2.45) is 5.73 Å². The number of rotatable bonds is 5. The van der Waals surface area contributed by atoms with E-state index in [2.05, 4.69) is 5.32 Å².